The van der Waals surface area contributed by atoms with Crippen molar-refractivity contribution in [3.8, 4) is 5.75 Å². The van der Waals surface area contributed by atoms with Crippen molar-refractivity contribution in [1.82, 2.24) is 0 Å². The van der Waals surface area contributed by atoms with Gasteiger partial charge in [-0.05, 0) is 11.6 Å². The van der Waals surface area contributed by atoms with Crippen molar-refractivity contribution >= 4 is 27.5 Å². The Bertz CT molecular complexity index is 700. The summed E-state index contributed by atoms with van der Waals surface area (Å²) in [6.45, 7) is 0. The fourth-order valence-corrected chi connectivity index (χ4v) is 2.99. The highest BCUT2D eigenvalue weighted by atomic mass is 32.2. The van der Waals surface area contributed by atoms with Crippen LogP contribution in [0.3, 0.4) is 0 Å². The number of hydrogen-bond acceptors (Lipinski definition) is 6. The van der Waals surface area contributed by atoms with Gasteiger partial charge in [0.15, 0.2) is 5.37 Å². The third-order valence-corrected chi connectivity index (χ3v) is 4.18. The van der Waals surface area contributed by atoms with Crippen LogP contribution in [0.5, 0.6) is 5.75 Å². The Morgan fingerprint density at radius 1 is 1.55 bits per heavy atom. The highest BCUT2D eigenvalue weighted by molar-refractivity contribution is 7.86. The Labute approximate surface area is 114 Å². The molecule has 0 saturated carbocycles. The normalized spacial score (nSPS) is 18.5. The smallest absolute Gasteiger partial charge is 0.505 e. The lowest BCUT2D eigenvalue weighted by Crippen LogP contribution is -2.73. The molecule has 1 aromatic rings. The second kappa shape index (κ2) is 4.72. The summed E-state index contributed by atoms with van der Waals surface area (Å²) in [7, 11) is -2.76. The van der Waals surface area contributed by atoms with E-state index in [1.165, 1.54) is 24.1 Å². The highest BCUT2D eigenvalue weighted by Crippen LogP contribution is 2.40. The van der Waals surface area contributed by atoms with E-state index in [0.717, 1.165) is 0 Å². The fourth-order valence-electron chi connectivity index (χ4n) is 2.09. The predicted molar refractivity (Wildman–Crippen MR) is 68.2 cm³/mol. The monoisotopic (exact) mass is 301 g/mol. The highest BCUT2D eigenvalue weighted by Gasteiger charge is 2.36. The number of carbonyl (C=O) groups is 1. The summed E-state index contributed by atoms with van der Waals surface area (Å²) < 4.78 is 31.6. The van der Waals surface area contributed by atoms with E-state index in [1.54, 1.807) is 0 Å². The van der Waals surface area contributed by atoms with Crippen LogP contribution in [-0.2, 0) is 16.5 Å². The molecule has 0 aliphatic carbocycles. The standard InChI is InChI=1S/C10H12N4O5S/c1-14-7-4-8(15)6(12-13-10(11)16)2-5(7)3-9(14)20(17,18)19/h2,4,9,15H,3H2,1H3,(H2,11,16)(H,17,18,19)/p+1/t9-/m1/s1. The number of phenols is 1. The predicted octanol–water partition coefficient (Wildman–Crippen LogP) is -1.16. The molecule has 0 bridgehead atoms. The van der Waals surface area contributed by atoms with Crippen LogP contribution in [0.2, 0.25) is 0 Å². The van der Waals surface area contributed by atoms with E-state index in [0.29, 0.717) is 11.3 Å². The number of carbonyl (C=O) groups excluding carboxylic acids is 1. The number of aromatic hydroxyl groups is 1. The van der Waals surface area contributed by atoms with Crippen LogP contribution in [0.15, 0.2) is 17.2 Å². The zero-order valence-corrected chi connectivity index (χ0v) is 11.3. The number of benzene rings is 1. The van der Waals surface area contributed by atoms with Crippen LogP contribution in [0.4, 0.5) is 16.2 Å². The van der Waals surface area contributed by atoms with E-state index in [1.807, 2.05) is 5.11 Å². The second-order valence-electron chi connectivity index (χ2n) is 4.34. The van der Waals surface area contributed by atoms with Gasteiger partial charge in [-0.25, -0.2) is 5.73 Å². The van der Waals surface area contributed by atoms with Crippen molar-refractivity contribution in [1.29, 1.82) is 0 Å². The molecule has 0 unspecified atom stereocenters. The molecule has 2 amide bonds. The van der Waals surface area contributed by atoms with Gasteiger partial charge in [0, 0.05) is 25.2 Å². The molecular weight excluding hydrogens is 288 g/mol. The molecule has 0 radical (unpaired) electrons. The average Bonchev–Trinajstić information content (AvgIpc) is 2.63. The van der Waals surface area contributed by atoms with E-state index >= 15 is 0 Å². The summed E-state index contributed by atoms with van der Waals surface area (Å²) in [5, 5.41) is 14.2. The summed E-state index contributed by atoms with van der Waals surface area (Å²) >= 11 is 0. The molecule has 0 fully saturated rings. The Kier molecular flexibility index (Phi) is 3.36. The molecule has 2 rings (SSSR count). The van der Waals surface area contributed by atoms with E-state index < -0.39 is 21.5 Å². The Morgan fingerprint density at radius 2 is 2.20 bits per heavy atom. The summed E-state index contributed by atoms with van der Waals surface area (Å²) in [6, 6.07) is 1.84. The number of hydrogen-bond donors (Lipinski definition) is 4. The topological polar surface area (TPSA) is 147 Å². The number of anilines is 1. The number of likely N-dealkylation sites (N-methyl/N-ethyl adjacent to an activating group) is 1. The zero-order chi connectivity index (χ0) is 15.1. The van der Waals surface area contributed by atoms with Crippen LogP contribution in [-0.4, -0.2) is 36.5 Å². The lowest BCUT2D eigenvalue weighted by Gasteiger charge is -2.19. The molecule has 1 aliphatic heterocycles. The van der Waals surface area contributed by atoms with Crippen LogP contribution < -0.4 is 15.7 Å². The molecule has 5 N–H and O–H groups in total. The molecule has 0 saturated heterocycles. The maximum atomic E-state index is 11.3. The van der Waals surface area contributed by atoms with E-state index in [9.17, 15) is 18.3 Å². The van der Waals surface area contributed by atoms with Gasteiger partial charge in [0.2, 0.25) is 0 Å². The molecule has 1 aliphatic rings. The van der Waals surface area contributed by atoms with Gasteiger partial charge in [-0.3, -0.25) is 4.55 Å². The average molecular weight is 301 g/mol. The number of nitrogens with one attached hydrogen (secondary N) is 1. The SMILES string of the molecule is CN1c2cc(O)c(N=[NH+]C(N)=O)cc2C[C@H]1S(=O)(=O)O. The maximum Gasteiger partial charge on any atom is 0.507 e. The number of primary amides is 1. The number of nitrogens with zero attached hydrogens (tertiary/aromatic N) is 2. The third kappa shape index (κ3) is 2.56. The molecule has 10 heteroatoms. The molecule has 0 spiro atoms. The Morgan fingerprint density at radius 3 is 2.75 bits per heavy atom. The number of phenolic OH excluding ortho intramolecular Hbond substituents is 1. The van der Waals surface area contributed by atoms with Gasteiger partial charge in [0.25, 0.3) is 10.1 Å². The van der Waals surface area contributed by atoms with Gasteiger partial charge in [-0.15, -0.1) is 5.11 Å². The van der Waals surface area contributed by atoms with Crippen molar-refractivity contribution in [2.24, 2.45) is 10.8 Å². The number of urea groups is 1. The minimum atomic E-state index is -4.25. The van der Waals surface area contributed by atoms with Crippen LogP contribution in [0.1, 0.15) is 5.56 Å². The first kappa shape index (κ1) is 14.2. The minimum Gasteiger partial charge on any atom is -0.505 e. The first-order valence-corrected chi connectivity index (χ1v) is 7.01. The Balaban J connectivity index is 2.44. The molecule has 20 heavy (non-hydrogen) atoms. The number of nitrogens with two attached hydrogens (primary N) is 1. The van der Waals surface area contributed by atoms with Crippen molar-refractivity contribution < 1.29 is 28.0 Å². The minimum absolute atomic E-state index is 0.0457. The van der Waals surface area contributed by atoms with Crippen molar-refractivity contribution in [2.75, 3.05) is 11.9 Å². The van der Waals surface area contributed by atoms with Crippen LogP contribution in [0, 0.1) is 0 Å². The summed E-state index contributed by atoms with van der Waals surface area (Å²) in [4.78, 5) is 11.9. The van der Waals surface area contributed by atoms with Crippen LogP contribution >= 0.6 is 0 Å². The lowest BCUT2D eigenvalue weighted by molar-refractivity contribution is -0.417. The van der Waals surface area contributed by atoms with Crippen molar-refractivity contribution in [3.63, 3.8) is 0 Å². The second-order valence-corrected chi connectivity index (χ2v) is 5.92. The first-order valence-electron chi connectivity index (χ1n) is 5.51. The van der Waals surface area contributed by atoms with E-state index in [2.05, 4.69) is 5.11 Å². The van der Waals surface area contributed by atoms with Gasteiger partial charge < -0.3 is 10.0 Å². The first-order chi connectivity index (χ1) is 9.20. The fraction of sp³-hybridized carbons (Fsp3) is 0.300. The third-order valence-electron chi connectivity index (χ3n) is 3.01. The largest absolute Gasteiger partial charge is 0.507 e. The van der Waals surface area contributed by atoms with E-state index in [-0.39, 0.29) is 17.9 Å². The van der Waals surface area contributed by atoms with Crippen LogP contribution in [0.25, 0.3) is 0 Å². The number of fused-ring (bicyclic) bond motifs is 1. The summed E-state index contributed by atoms with van der Waals surface area (Å²) in [5.74, 6) is -0.250. The van der Waals surface area contributed by atoms with Gasteiger partial charge in [-0.1, -0.05) is 5.11 Å². The molecule has 9 nitrogen and oxygen atoms in total. The quantitative estimate of drug-likeness (QED) is 0.400. The van der Waals surface area contributed by atoms with Gasteiger partial charge in [0.05, 0.1) is 0 Å². The van der Waals surface area contributed by atoms with Gasteiger partial charge in [0.1, 0.15) is 11.4 Å². The molecule has 1 atom stereocenters. The van der Waals surface area contributed by atoms with Crippen molar-refractivity contribution in [3.05, 3.63) is 17.7 Å². The van der Waals surface area contributed by atoms with E-state index in [4.69, 9.17) is 10.3 Å². The zero-order valence-electron chi connectivity index (χ0n) is 10.4. The molecule has 108 valence electrons. The Hall–Kier alpha value is -2.20. The van der Waals surface area contributed by atoms with Crippen molar-refractivity contribution in [2.45, 2.75) is 11.8 Å². The molecule has 1 heterocycles. The van der Waals surface area contributed by atoms with Gasteiger partial charge in [-0.2, -0.15) is 13.2 Å². The maximum absolute atomic E-state index is 11.3. The number of azo groups is 1. The molecule has 1 aromatic carbocycles. The summed E-state index contributed by atoms with van der Waals surface area (Å²) in [5.41, 5.74) is 5.94. The summed E-state index contributed by atoms with van der Waals surface area (Å²) in [6.07, 6.45) is 0.0457. The molecular formula is C10H13N4O5S+. The number of amides is 2. The van der Waals surface area contributed by atoms with Gasteiger partial charge >= 0.3 is 6.03 Å². The molecule has 0 aromatic heterocycles. The number of rotatable bonds is 2. The lowest BCUT2D eigenvalue weighted by atomic mass is 10.1.